The Morgan fingerprint density at radius 2 is 0.438 bits per heavy atom. The fourth-order valence-electron chi connectivity index (χ4n) is 2.12. The summed E-state index contributed by atoms with van der Waals surface area (Å²) in [5, 5.41) is 0. The smallest absolute Gasteiger partial charge is 0.0874 e. The molecule has 0 aromatic carbocycles. The highest BCUT2D eigenvalue weighted by Gasteiger charge is 1.96. The average molecular weight is 288 g/mol. The lowest BCUT2D eigenvalue weighted by Crippen LogP contribution is -1.85. The molecule has 0 spiro atoms. The van der Waals surface area contributed by atoms with Crippen molar-refractivity contribution in [1.29, 1.82) is 0 Å². The molecule has 1 saturated carbocycles. The van der Waals surface area contributed by atoms with Crippen molar-refractivity contribution in [3.63, 3.8) is 0 Å². The first-order chi connectivity index (χ1) is 7.73. The van der Waals surface area contributed by atoms with Crippen molar-refractivity contribution in [3.8, 4) is 0 Å². The van der Waals surface area contributed by atoms with Crippen LogP contribution < -0.4 is 0 Å². The van der Waals surface area contributed by atoms with Gasteiger partial charge in [-0.15, -0.1) is 0 Å². The Morgan fingerprint density at radius 1 is 0.375 bits per heavy atom. The van der Waals surface area contributed by atoms with Gasteiger partial charge >= 0.3 is 0 Å². The van der Waals surface area contributed by atoms with Gasteiger partial charge in [0.25, 0.3) is 0 Å². The molecule has 0 nitrogen and oxygen atoms in total. The molecule has 0 saturated heterocycles. The minimum atomic E-state index is -0.750. The Kier molecular flexibility index (Phi) is 14.7. The third-order valence-electron chi connectivity index (χ3n) is 3.00. The van der Waals surface area contributed by atoms with Crippen LogP contribution in [-0.4, -0.2) is 4.30 Å². The van der Waals surface area contributed by atoms with Gasteiger partial charge in [0.1, 0.15) is 0 Å². The van der Waals surface area contributed by atoms with Gasteiger partial charge in [-0.3, -0.25) is 0 Å². The lowest BCUT2D eigenvalue weighted by Gasteiger charge is -2.05. The van der Waals surface area contributed by atoms with Gasteiger partial charge in [-0.1, -0.05) is 112 Å². The van der Waals surface area contributed by atoms with Crippen LogP contribution in [0.25, 0.3) is 0 Å². The summed E-state index contributed by atoms with van der Waals surface area (Å²) in [6, 6.07) is 0. The molecule has 0 aromatic heterocycles. The molecular weight excluding hydrogens is 263 g/mol. The molecule has 1 aliphatic rings. The van der Waals surface area contributed by atoms with Crippen molar-refractivity contribution in [2.45, 2.75) is 81.3 Å². The van der Waals surface area contributed by atoms with Crippen LogP contribution >= 0.6 is 34.8 Å². The number of hydrogen-bond donors (Lipinski definition) is 0. The first kappa shape index (κ1) is 16.9. The van der Waals surface area contributed by atoms with Crippen molar-refractivity contribution >= 4 is 34.8 Å². The third kappa shape index (κ3) is 17.3. The fourth-order valence-corrected chi connectivity index (χ4v) is 2.12. The van der Waals surface area contributed by atoms with Crippen molar-refractivity contribution < 1.29 is 0 Å². The molecule has 0 radical (unpaired) electrons. The van der Waals surface area contributed by atoms with Crippen molar-refractivity contribution in [2.24, 2.45) is 0 Å². The average Bonchev–Trinajstić information content (AvgIpc) is 2.17. The molecule has 16 heavy (non-hydrogen) atoms. The second-order valence-corrected chi connectivity index (χ2v) is 6.47. The van der Waals surface area contributed by atoms with E-state index in [-0.39, 0.29) is 0 Å². The summed E-state index contributed by atoms with van der Waals surface area (Å²) in [5.74, 6) is 0. The Bertz CT molecular complexity index is 80.6. The minimum Gasteiger partial charge on any atom is -0.0874 e. The van der Waals surface area contributed by atoms with Gasteiger partial charge in [0, 0.05) is 0 Å². The topological polar surface area (TPSA) is 0 Å². The van der Waals surface area contributed by atoms with E-state index < -0.39 is 4.30 Å². The Hall–Kier alpha value is 0.870. The maximum Gasteiger partial charge on any atom is 0.180 e. The second-order valence-electron chi connectivity index (χ2n) is 4.49. The van der Waals surface area contributed by atoms with Crippen LogP contribution in [-0.2, 0) is 0 Å². The predicted octanol–water partition coefficient (Wildman–Crippen LogP) is 6.67. The van der Waals surface area contributed by atoms with E-state index >= 15 is 0 Å². The molecular formula is C13H25Cl3. The Labute approximate surface area is 116 Å². The molecule has 0 N–H and O–H groups in total. The van der Waals surface area contributed by atoms with E-state index in [4.69, 9.17) is 34.8 Å². The summed E-state index contributed by atoms with van der Waals surface area (Å²) in [6.07, 6.45) is 18.0. The van der Waals surface area contributed by atoms with Gasteiger partial charge in [-0.2, -0.15) is 0 Å². The SMILES string of the molecule is C1CCCCCCCCCCC1.ClC(Cl)Cl. The summed E-state index contributed by atoms with van der Waals surface area (Å²) in [4.78, 5) is 0. The van der Waals surface area contributed by atoms with E-state index in [9.17, 15) is 0 Å². The lowest BCUT2D eigenvalue weighted by molar-refractivity contribution is 0.504. The molecule has 0 bridgehead atoms. The van der Waals surface area contributed by atoms with E-state index in [1.807, 2.05) is 0 Å². The van der Waals surface area contributed by atoms with Crippen LogP contribution in [0.2, 0.25) is 0 Å². The lowest BCUT2D eigenvalue weighted by atomic mass is 10.0. The van der Waals surface area contributed by atoms with Crippen molar-refractivity contribution in [1.82, 2.24) is 0 Å². The molecule has 1 aliphatic carbocycles. The van der Waals surface area contributed by atoms with Gasteiger partial charge < -0.3 is 0 Å². The largest absolute Gasteiger partial charge is 0.180 e. The standard InChI is InChI=1S/C12H24.CHCl3/c1-2-4-6-8-10-12-11-9-7-5-3-1;2-1(3)4/h1-12H2;1H. The van der Waals surface area contributed by atoms with E-state index in [1.54, 1.807) is 0 Å². The van der Waals surface area contributed by atoms with Crippen LogP contribution in [0, 0.1) is 0 Å². The normalized spacial score (nSPS) is 20.2. The molecule has 98 valence electrons. The van der Waals surface area contributed by atoms with Crippen LogP contribution in [0.5, 0.6) is 0 Å². The first-order valence-corrected chi connectivity index (χ1v) is 7.96. The van der Waals surface area contributed by atoms with E-state index in [2.05, 4.69) is 0 Å². The minimum absolute atomic E-state index is 0.750. The van der Waals surface area contributed by atoms with Crippen LogP contribution in [0.4, 0.5) is 0 Å². The summed E-state index contributed by atoms with van der Waals surface area (Å²) in [6.45, 7) is 0. The highest BCUT2D eigenvalue weighted by atomic mass is 35.6. The van der Waals surface area contributed by atoms with E-state index in [0.717, 1.165) is 0 Å². The van der Waals surface area contributed by atoms with Crippen molar-refractivity contribution in [2.75, 3.05) is 0 Å². The zero-order valence-electron chi connectivity index (χ0n) is 10.2. The number of hydrogen-bond acceptors (Lipinski definition) is 0. The fraction of sp³-hybridized carbons (Fsp3) is 1.00. The monoisotopic (exact) mass is 286 g/mol. The van der Waals surface area contributed by atoms with Gasteiger partial charge in [-0.25, -0.2) is 0 Å². The highest BCUT2D eigenvalue weighted by Crippen LogP contribution is 2.15. The maximum absolute atomic E-state index is 4.81. The number of rotatable bonds is 0. The zero-order chi connectivity index (χ0) is 12.1. The summed E-state index contributed by atoms with van der Waals surface area (Å²) < 4.78 is -0.750. The molecule has 0 aromatic rings. The third-order valence-corrected chi connectivity index (χ3v) is 3.00. The molecule has 0 amide bonds. The highest BCUT2D eigenvalue weighted by molar-refractivity contribution is 6.63. The van der Waals surface area contributed by atoms with Crippen LogP contribution in [0.15, 0.2) is 0 Å². The summed E-state index contributed by atoms with van der Waals surface area (Å²) in [5.41, 5.74) is 0. The van der Waals surface area contributed by atoms with E-state index in [0.29, 0.717) is 0 Å². The number of halogens is 3. The predicted molar refractivity (Wildman–Crippen MR) is 76.8 cm³/mol. The quantitative estimate of drug-likeness (QED) is 0.437. The van der Waals surface area contributed by atoms with Crippen LogP contribution in [0.1, 0.15) is 77.0 Å². The molecule has 3 heteroatoms. The van der Waals surface area contributed by atoms with Gasteiger partial charge in [0.15, 0.2) is 4.30 Å². The summed E-state index contributed by atoms with van der Waals surface area (Å²) >= 11 is 14.4. The maximum atomic E-state index is 4.81. The van der Waals surface area contributed by atoms with Gasteiger partial charge in [0.05, 0.1) is 0 Å². The Balaban J connectivity index is 0.000000487. The molecule has 1 rings (SSSR count). The zero-order valence-corrected chi connectivity index (χ0v) is 12.5. The van der Waals surface area contributed by atoms with Crippen LogP contribution in [0.3, 0.4) is 0 Å². The van der Waals surface area contributed by atoms with Gasteiger partial charge in [-0.05, 0) is 0 Å². The van der Waals surface area contributed by atoms with Crippen molar-refractivity contribution in [3.05, 3.63) is 0 Å². The van der Waals surface area contributed by atoms with E-state index in [1.165, 1.54) is 77.0 Å². The summed E-state index contributed by atoms with van der Waals surface area (Å²) in [7, 11) is 0. The Morgan fingerprint density at radius 3 is 0.500 bits per heavy atom. The molecule has 0 unspecified atom stereocenters. The molecule has 1 fully saturated rings. The number of alkyl halides is 3. The second kappa shape index (κ2) is 13.9. The van der Waals surface area contributed by atoms with Gasteiger partial charge in [0.2, 0.25) is 0 Å². The first-order valence-electron chi connectivity index (χ1n) is 6.65. The molecule has 0 atom stereocenters. The molecule has 0 heterocycles. The molecule has 0 aliphatic heterocycles.